The maximum Gasteiger partial charge on any atom is 0.236 e. The molecule has 0 aromatic heterocycles. The highest BCUT2D eigenvalue weighted by Gasteiger charge is 2.22. The van der Waals surface area contributed by atoms with Crippen LogP contribution in [0.15, 0.2) is 0 Å². The van der Waals surface area contributed by atoms with Crippen LogP contribution >= 0.6 is 0 Å². The van der Waals surface area contributed by atoms with Crippen LogP contribution in [0.2, 0.25) is 0 Å². The second-order valence-electron chi connectivity index (χ2n) is 5.30. The van der Waals surface area contributed by atoms with Gasteiger partial charge in [0.2, 0.25) is 5.91 Å². The average molecular weight is 240 g/mol. The van der Waals surface area contributed by atoms with Crippen molar-refractivity contribution < 1.29 is 9.90 Å². The fourth-order valence-corrected chi connectivity index (χ4v) is 2.69. The number of hydrogen-bond donors (Lipinski definition) is 1. The summed E-state index contributed by atoms with van der Waals surface area (Å²) in [5.74, 6) is 0.281. The molecule has 4 heteroatoms. The first-order chi connectivity index (χ1) is 8.25. The number of hydrogen-bond acceptors (Lipinski definition) is 3. The lowest BCUT2D eigenvalue weighted by Gasteiger charge is -2.31. The van der Waals surface area contributed by atoms with Crippen molar-refractivity contribution >= 4 is 5.91 Å². The molecule has 0 atom stereocenters. The van der Waals surface area contributed by atoms with Crippen molar-refractivity contribution in [2.45, 2.75) is 44.6 Å². The fraction of sp³-hybridized carbons (Fsp3) is 0.923. The molecule has 2 heterocycles. The molecule has 98 valence electrons. The normalized spacial score (nSPS) is 24.6. The second kappa shape index (κ2) is 6.36. The highest BCUT2D eigenvalue weighted by Crippen LogP contribution is 2.12. The Hall–Kier alpha value is -0.610. The van der Waals surface area contributed by atoms with Crippen molar-refractivity contribution in [2.75, 3.05) is 32.7 Å². The van der Waals surface area contributed by atoms with Gasteiger partial charge in [0.25, 0.3) is 0 Å². The Morgan fingerprint density at radius 1 is 1.00 bits per heavy atom. The van der Waals surface area contributed by atoms with Crippen LogP contribution in [-0.2, 0) is 4.79 Å². The van der Waals surface area contributed by atoms with Crippen LogP contribution in [0.4, 0.5) is 0 Å². The molecule has 0 spiro atoms. The first-order valence-corrected chi connectivity index (χ1v) is 6.94. The number of carbonyl (C=O) groups is 1. The molecular weight excluding hydrogens is 216 g/mol. The zero-order valence-electron chi connectivity index (χ0n) is 10.6. The van der Waals surface area contributed by atoms with E-state index in [9.17, 15) is 9.90 Å². The molecule has 1 amide bonds. The summed E-state index contributed by atoms with van der Waals surface area (Å²) < 4.78 is 0. The summed E-state index contributed by atoms with van der Waals surface area (Å²) in [4.78, 5) is 16.3. The SMILES string of the molecule is O=C(CN1CCC(O)CC1)N1CCCCCC1. The van der Waals surface area contributed by atoms with Gasteiger partial charge in [-0.3, -0.25) is 9.69 Å². The van der Waals surface area contributed by atoms with E-state index < -0.39 is 0 Å². The Labute approximate surface area is 104 Å². The minimum atomic E-state index is -0.153. The van der Waals surface area contributed by atoms with Crippen LogP contribution in [0.1, 0.15) is 38.5 Å². The minimum absolute atomic E-state index is 0.153. The summed E-state index contributed by atoms with van der Waals surface area (Å²) in [6.45, 7) is 4.15. The number of piperidine rings is 1. The molecule has 0 aliphatic carbocycles. The van der Waals surface area contributed by atoms with E-state index in [0.29, 0.717) is 6.54 Å². The van der Waals surface area contributed by atoms with Crippen molar-refractivity contribution in [3.8, 4) is 0 Å². The predicted octanol–water partition coefficient (Wildman–Crippen LogP) is 0.846. The molecule has 2 saturated heterocycles. The van der Waals surface area contributed by atoms with E-state index in [1.807, 2.05) is 4.90 Å². The number of rotatable bonds is 2. The predicted molar refractivity (Wildman–Crippen MR) is 66.7 cm³/mol. The molecule has 17 heavy (non-hydrogen) atoms. The Kier molecular flexibility index (Phi) is 4.80. The summed E-state index contributed by atoms with van der Waals surface area (Å²) in [5, 5.41) is 9.42. The zero-order valence-corrected chi connectivity index (χ0v) is 10.6. The summed E-state index contributed by atoms with van der Waals surface area (Å²) in [6, 6.07) is 0. The molecule has 2 aliphatic rings. The third-order valence-corrected chi connectivity index (χ3v) is 3.87. The summed E-state index contributed by atoms with van der Waals surface area (Å²) >= 11 is 0. The molecule has 1 N–H and O–H groups in total. The number of nitrogens with zero attached hydrogens (tertiary/aromatic N) is 2. The van der Waals surface area contributed by atoms with E-state index in [2.05, 4.69) is 4.90 Å². The monoisotopic (exact) mass is 240 g/mol. The van der Waals surface area contributed by atoms with E-state index in [1.54, 1.807) is 0 Å². The first-order valence-electron chi connectivity index (χ1n) is 6.94. The number of amides is 1. The quantitative estimate of drug-likeness (QED) is 0.778. The topological polar surface area (TPSA) is 43.8 Å². The Balaban J connectivity index is 1.75. The number of carbonyl (C=O) groups excluding carboxylic acids is 1. The molecule has 2 fully saturated rings. The molecule has 0 unspecified atom stereocenters. The van der Waals surface area contributed by atoms with Crippen LogP contribution in [0, 0.1) is 0 Å². The van der Waals surface area contributed by atoms with Gasteiger partial charge in [0.1, 0.15) is 0 Å². The van der Waals surface area contributed by atoms with Gasteiger partial charge in [-0.2, -0.15) is 0 Å². The van der Waals surface area contributed by atoms with Gasteiger partial charge in [0.05, 0.1) is 12.6 Å². The molecule has 0 bridgehead atoms. The number of aliphatic hydroxyl groups excluding tert-OH is 1. The van der Waals surface area contributed by atoms with Crippen molar-refractivity contribution in [3.63, 3.8) is 0 Å². The number of likely N-dealkylation sites (tertiary alicyclic amines) is 2. The molecular formula is C13H24N2O2. The molecule has 0 aromatic rings. The Bertz CT molecular complexity index is 242. The van der Waals surface area contributed by atoms with Crippen LogP contribution in [-0.4, -0.2) is 59.6 Å². The van der Waals surface area contributed by atoms with E-state index in [1.165, 1.54) is 12.8 Å². The molecule has 0 radical (unpaired) electrons. The third kappa shape index (κ3) is 3.96. The molecule has 4 nitrogen and oxygen atoms in total. The number of aliphatic hydroxyl groups is 1. The maximum absolute atomic E-state index is 12.1. The first kappa shape index (κ1) is 12.8. The van der Waals surface area contributed by atoms with Gasteiger partial charge >= 0.3 is 0 Å². The smallest absolute Gasteiger partial charge is 0.236 e. The highest BCUT2D eigenvalue weighted by atomic mass is 16.3. The molecule has 0 aromatic carbocycles. The standard InChI is InChI=1S/C13H24N2O2/c16-12-5-9-14(10-6-12)11-13(17)15-7-3-1-2-4-8-15/h12,16H,1-11H2. The summed E-state index contributed by atoms with van der Waals surface area (Å²) in [6.07, 6.45) is 6.31. The van der Waals surface area contributed by atoms with E-state index in [4.69, 9.17) is 0 Å². The van der Waals surface area contributed by atoms with Gasteiger partial charge in [-0.15, -0.1) is 0 Å². The second-order valence-corrected chi connectivity index (χ2v) is 5.30. The van der Waals surface area contributed by atoms with Crippen LogP contribution < -0.4 is 0 Å². The van der Waals surface area contributed by atoms with Crippen LogP contribution in [0.5, 0.6) is 0 Å². The lowest BCUT2D eigenvalue weighted by Crippen LogP contribution is -2.44. The van der Waals surface area contributed by atoms with Gasteiger partial charge < -0.3 is 10.0 Å². The van der Waals surface area contributed by atoms with Crippen molar-refractivity contribution in [3.05, 3.63) is 0 Å². The average Bonchev–Trinajstić information content (AvgIpc) is 2.61. The lowest BCUT2D eigenvalue weighted by atomic mass is 10.1. The van der Waals surface area contributed by atoms with Crippen molar-refractivity contribution in [1.29, 1.82) is 0 Å². The lowest BCUT2D eigenvalue weighted by molar-refractivity contribution is -0.132. The fourth-order valence-electron chi connectivity index (χ4n) is 2.69. The highest BCUT2D eigenvalue weighted by molar-refractivity contribution is 5.78. The largest absolute Gasteiger partial charge is 0.393 e. The minimum Gasteiger partial charge on any atom is -0.393 e. The van der Waals surface area contributed by atoms with Gasteiger partial charge in [0, 0.05) is 26.2 Å². The van der Waals surface area contributed by atoms with Gasteiger partial charge in [-0.05, 0) is 25.7 Å². The van der Waals surface area contributed by atoms with E-state index in [-0.39, 0.29) is 12.0 Å². The summed E-state index contributed by atoms with van der Waals surface area (Å²) in [5.41, 5.74) is 0. The molecule has 2 aliphatic heterocycles. The van der Waals surface area contributed by atoms with Gasteiger partial charge in [-0.25, -0.2) is 0 Å². The Morgan fingerprint density at radius 2 is 1.59 bits per heavy atom. The third-order valence-electron chi connectivity index (χ3n) is 3.87. The summed E-state index contributed by atoms with van der Waals surface area (Å²) in [7, 11) is 0. The van der Waals surface area contributed by atoms with Gasteiger partial charge in [0.15, 0.2) is 0 Å². The zero-order chi connectivity index (χ0) is 12.1. The maximum atomic E-state index is 12.1. The van der Waals surface area contributed by atoms with Crippen molar-refractivity contribution in [1.82, 2.24) is 9.80 Å². The van der Waals surface area contributed by atoms with Crippen molar-refractivity contribution in [2.24, 2.45) is 0 Å². The van der Waals surface area contributed by atoms with Gasteiger partial charge in [-0.1, -0.05) is 12.8 Å². The molecule has 0 saturated carbocycles. The van der Waals surface area contributed by atoms with Crippen LogP contribution in [0.25, 0.3) is 0 Å². The Morgan fingerprint density at radius 3 is 2.18 bits per heavy atom. The molecule has 2 rings (SSSR count). The van der Waals surface area contributed by atoms with Crippen LogP contribution in [0.3, 0.4) is 0 Å². The van der Waals surface area contributed by atoms with E-state index in [0.717, 1.165) is 51.9 Å². The van der Waals surface area contributed by atoms with E-state index >= 15 is 0 Å².